The minimum absolute atomic E-state index is 0.0542. The summed E-state index contributed by atoms with van der Waals surface area (Å²) in [5.74, 6) is -0.501. The van der Waals surface area contributed by atoms with Crippen LogP contribution in [0.2, 0.25) is 0 Å². The molecule has 0 spiro atoms. The molecule has 0 aromatic heterocycles. The van der Waals surface area contributed by atoms with E-state index in [2.05, 4.69) is 45.2 Å². The van der Waals surface area contributed by atoms with Crippen molar-refractivity contribution in [3.63, 3.8) is 0 Å². The number of hydrogen-bond acceptors (Lipinski definition) is 10. The van der Waals surface area contributed by atoms with Gasteiger partial charge in [-0.05, 0) is 199 Å². The second-order valence-corrected chi connectivity index (χ2v) is 21.7. The molecule has 65 heavy (non-hydrogen) atoms. The maximum Gasteiger partial charge on any atom is 0.339 e. The summed E-state index contributed by atoms with van der Waals surface area (Å²) in [6.07, 6.45) is 4.87. The number of rotatable bonds is 20. The lowest BCUT2D eigenvalue weighted by atomic mass is 9.65. The Morgan fingerprint density at radius 1 is 0.600 bits per heavy atom. The Morgan fingerprint density at radius 3 is 1.62 bits per heavy atom. The Kier molecular flexibility index (Phi) is 16.9. The first-order valence-corrected chi connectivity index (χ1v) is 24.5. The SMILES string of the molecule is CCC1(OC(=O)C(C)(C)CC(C)(CC(C)(CC)C(=O)Oc2ccc(OCOc3c(I)cc(C(=O)OC(C)(C)c4ccccc4)cc3I)cc2)C(=O)OC(C)(C)c2ccccc2)CCCC1. The normalized spacial score (nSPS) is 15.8. The van der Waals surface area contributed by atoms with Crippen LogP contribution >= 0.6 is 45.2 Å². The average molecular weight is 1110 g/mol. The van der Waals surface area contributed by atoms with Crippen LogP contribution in [0.25, 0.3) is 0 Å². The van der Waals surface area contributed by atoms with E-state index in [9.17, 15) is 19.2 Å². The van der Waals surface area contributed by atoms with Crippen LogP contribution in [-0.4, -0.2) is 36.3 Å². The van der Waals surface area contributed by atoms with Gasteiger partial charge in [0.2, 0.25) is 6.79 Å². The molecule has 1 aliphatic rings. The predicted octanol–water partition coefficient (Wildman–Crippen LogP) is 13.3. The van der Waals surface area contributed by atoms with Gasteiger partial charge in [0.15, 0.2) is 0 Å². The number of carbonyl (C=O) groups excluding carboxylic acids is 4. The van der Waals surface area contributed by atoms with Crippen LogP contribution in [0.4, 0.5) is 0 Å². The standard InChI is InChI=1S/C53H64I2O10/c1-11-51(9,34-52(10,47(59)64-50(7,8)38-23-17-14-18-24-38)33-48(3,4)45(57)65-53(12-2)29-19-20-30-53)46(58)62-40-27-25-39(26-28-40)60-35-61-43-41(54)31-36(32-42(43)55)44(56)63-49(5,6)37-21-15-13-16-22-37/h13-18,21-28,31-32H,11-12,19-20,29-30,33-35H2,1-10H3. The minimum Gasteiger partial charge on any atom is -0.459 e. The molecular formula is C53H64I2O10. The van der Waals surface area contributed by atoms with E-state index in [1.807, 2.05) is 116 Å². The van der Waals surface area contributed by atoms with Crippen molar-refractivity contribution in [3.05, 3.63) is 121 Å². The molecule has 0 saturated heterocycles. The largest absolute Gasteiger partial charge is 0.459 e. The van der Waals surface area contributed by atoms with Crippen molar-refractivity contribution in [2.45, 2.75) is 137 Å². The average Bonchev–Trinajstić information content (AvgIpc) is 3.74. The van der Waals surface area contributed by atoms with Gasteiger partial charge in [-0.2, -0.15) is 0 Å². The molecule has 4 aromatic carbocycles. The summed E-state index contributed by atoms with van der Waals surface area (Å²) in [4.78, 5) is 56.0. The zero-order chi connectivity index (χ0) is 47.8. The lowest BCUT2D eigenvalue weighted by Crippen LogP contribution is -2.47. The van der Waals surface area contributed by atoms with Gasteiger partial charge in [-0.3, -0.25) is 14.4 Å². The molecule has 4 aromatic rings. The molecule has 1 saturated carbocycles. The molecule has 1 fully saturated rings. The molecule has 2 atom stereocenters. The van der Waals surface area contributed by atoms with Gasteiger partial charge in [-0.15, -0.1) is 0 Å². The van der Waals surface area contributed by atoms with Gasteiger partial charge in [0.1, 0.15) is 34.1 Å². The summed E-state index contributed by atoms with van der Waals surface area (Å²) in [6.45, 7) is 18.4. The van der Waals surface area contributed by atoms with Crippen LogP contribution in [0.1, 0.15) is 142 Å². The van der Waals surface area contributed by atoms with Crippen molar-refractivity contribution in [3.8, 4) is 17.2 Å². The van der Waals surface area contributed by atoms with E-state index < -0.39 is 51.0 Å². The minimum atomic E-state index is -1.30. The third-order valence-electron chi connectivity index (χ3n) is 12.7. The van der Waals surface area contributed by atoms with Crippen LogP contribution in [0.15, 0.2) is 97.1 Å². The highest BCUT2D eigenvalue weighted by Gasteiger charge is 2.52. The number of esters is 4. The Hall–Kier alpha value is -4.18. The van der Waals surface area contributed by atoms with E-state index in [0.717, 1.165) is 43.2 Å². The second kappa shape index (κ2) is 21.2. The van der Waals surface area contributed by atoms with Crippen molar-refractivity contribution < 1.29 is 47.6 Å². The molecule has 0 radical (unpaired) electrons. The maximum absolute atomic E-state index is 14.6. The van der Waals surface area contributed by atoms with E-state index in [1.165, 1.54) is 0 Å². The van der Waals surface area contributed by atoms with Crippen molar-refractivity contribution in [1.29, 1.82) is 0 Å². The fourth-order valence-corrected chi connectivity index (χ4v) is 10.7. The number of halogens is 2. The Morgan fingerprint density at radius 2 is 1.11 bits per heavy atom. The number of hydrogen-bond donors (Lipinski definition) is 0. The van der Waals surface area contributed by atoms with Crippen LogP contribution in [-0.2, 0) is 39.8 Å². The van der Waals surface area contributed by atoms with Gasteiger partial charge in [0.05, 0.1) is 28.9 Å². The first-order chi connectivity index (χ1) is 30.5. The first-order valence-electron chi connectivity index (χ1n) is 22.4. The lowest BCUT2D eigenvalue weighted by Gasteiger charge is -2.42. The van der Waals surface area contributed by atoms with Crippen molar-refractivity contribution in [1.82, 2.24) is 0 Å². The molecule has 0 aliphatic heterocycles. The molecule has 0 N–H and O–H groups in total. The number of ether oxygens (including phenoxy) is 6. The first kappa shape index (κ1) is 51.8. The van der Waals surface area contributed by atoms with Gasteiger partial charge in [-0.1, -0.05) is 74.5 Å². The van der Waals surface area contributed by atoms with Gasteiger partial charge >= 0.3 is 23.9 Å². The highest BCUT2D eigenvalue weighted by atomic mass is 127. The topological polar surface area (TPSA) is 124 Å². The van der Waals surface area contributed by atoms with Crippen LogP contribution < -0.4 is 14.2 Å². The quantitative estimate of drug-likeness (QED) is 0.0278. The van der Waals surface area contributed by atoms with Gasteiger partial charge in [-0.25, -0.2) is 4.79 Å². The third-order valence-corrected chi connectivity index (χ3v) is 14.3. The molecule has 2 unspecified atom stereocenters. The van der Waals surface area contributed by atoms with Gasteiger partial charge in [0, 0.05) is 0 Å². The number of benzene rings is 4. The van der Waals surface area contributed by atoms with E-state index in [-0.39, 0.29) is 25.6 Å². The van der Waals surface area contributed by atoms with Crippen LogP contribution in [0.3, 0.4) is 0 Å². The number of carbonyl (C=O) groups is 4. The molecule has 5 rings (SSSR count). The molecule has 12 heteroatoms. The Bertz CT molecular complexity index is 2260. The third kappa shape index (κ3) is 13.0. The summed E-state index contributed by atoms with van der Waals surface area (Å²) in [5.41, 5.74) is -3.73. The summed E-state index contributed by atoms with van der Waals surface area (Å²) >= 11 is 4.25. The zero-order valence-electron chi connectivity index (χ0n) is 39.4. The van der Waals surface area contributed by atoms with Crippen LogP contribution in [0.5, 0.6) is 17.2 Å². The van der Waals surface area contributed by atoms with Crippen LogP contribution in [0, 0.1) is 23.4 Å². The van der Waals surface area contributed by atoms with Crippen molar-refractivity contribution in [2.75, 3.05) is 6.79 Å². The molecule has 1 aliphatic carbocycles. The summed E-state index contributed by atoms with van der Waals surface area (Å²) in [6, 6.07) is 29.2. The maximum atomic E-state index is 14.6. The molecule has 10 nitrogen and oxygen atoms in total. The van der Waals surface area contributed by atoms with Gasteiger partial charge < -0.3 is 28.4 Å². The van der Waals surface area contributed by atoms with E-state index in [1.54, 1.807) is 50.2 Å². The molecule has 350 valence electrons. The fourth-order valence-electron chi connectivity index (χ4n) is 8.59. The van der Waals surface area contributed by atoms with E-state index in [0.29, 0.717) is 36.4 Å². The summed E-state index contributed by atoms with van der Waals surface area (Å²) < 4.78 is 37.8. The van der Waals surface area contributed by atoms with E-state index in [4.69, 9.17) is 28.4 Å². The molecule has 0 amide bonds. The van der Waals surface area contributed by atoms with Gasteiger partial charge in [0.25, 0.3) is 0 Å². The molecule has 0 heterocycles. The zero-order valence-corrected chi connectivity index (χ0v) is 43.8. The predicted molar refractivity (Wildman–Crippen MR) is 268 cm³/mol. The lowest BCUT2D eigenvalue weighted by molar-refractivity contribution is -0.181. The highest BCUT2D eigenvalue weighted by molar-refractivity contribution is 14.1. The second-order valence-electron chi connectivity index (χ2n) is 19.4. The molecule has 0 bridgehead atoms. The monoisotopic (exact) mass is 1110 g/mol. The Balaban J connectivity index is 1.25. The fraction of sp³-hybridized carbons (Fsp3) is 0.472. The van der Waals surface area contributed by atoms with Crippen molar-refractivity contribution >= 4 is 69.1 Å². The molecular weight excluding hydrogens is 1050 g/mol. The van der Waals surface area contributed by atoms with Crippen molar-refractivity contribution in [2.24, 2.45) is 16.2 Å². The summed E-state index contributed by atoms with van der Waals surface area (Å²) in [5, 5.41) is 0. The van der Waals surface area contributed by atoms with E-state index >= 15 is 0 Å². The Labute approximate surface area is 412 Å². The summed E-state index contributed by atoms with van der Waals surface area (Å²) in [7, 11) is 0. The highest BCUT2D eigenvalue weighted by Crippen LogP contribution is 2.48. The smallest absolute Gasteiger partial charge is 0.339 e.